The van der Waals surface area contributed by atoms with Crippen LogP contribution in [0, 0.1) is 5.92 Å². The van der Waals surface area contributed by atoms with Crippen molar-refractivity contribution in [1.82, 2.24) is 0 Å². The number of carboxylic acids is 1. The van der Waals surface area contributed by atoms with Gasteiger partial charge < -0.3 is 14.6 Å². The Morgan fingerprint density at radius 2 is 2.06 bits per heavy atom. The highest BCUT2D eigenvalue weighted by Gasteiger charge is 2.37. The predicted octanol–water partition coefficient (Wildman–Crippen LogP) is 2.02. The molecule has 2 unspecified atom stereocenters. The largest absolute Gasteiger partial charge is 0.481 e. The van der Waals surface area contributed by atoms with E-state index in [-0.39, 0.29) is 0 Å². The first kappa shape index (κ1) is 13.9. The van der Waals surface area contributed by atoms with Gasteiger partial charge in [0, 0.05) is 20.3 Å². The van der Waals surface area contributed by atoms with E-state index in [1.54, 1.807) is 19.3 Å². The topological polar surface area (TPSA) is 55.8 Å². The molecule has 1 aliphatic carbocycles. The van der Waals surface area contributed by atoms with Crippen LogP contribution in [0.2, 0.25) is 0 Å². The third-order valence-corrected chi connectivity index (χ3v) is 2.88. The summed E-state index contributed by atoms with van der Waals surface area (Å²) in [4.78, 5) is 11.1. The van der Waals surface area contributed by atoms with E-state index in [9.17, 15) is 4.79 Å². The molecule has 1 aliphatic rings. The summed E-state index contributed by atoms with van der Waals surface area (Å²) in [6, 6.07) is 0. The monoisotopic (exact) mass is 240 g/mol. The van der Waals surface area contributed by atoms with Crippen LogP contribution >= 0.6 is 0 Å². The highest BCUT2D eigenvalue weighted by molar-refractivity contribution is 5.75. The molecular formula is C13H20O4. The first-order valence-corrected chi connectivity index (χ1v) is 5.82. The van der Waals surface area contributed by atoms with Crippen LogP contribution in [0.4, 0.5) is 0 Å². The molecular weight excluding hydrogens is 220 g/mol. The number of unbranched alkanes of at least 4 members (excludes halogenated alkanes) is 1. The van der Waals surface area contributed by atoms with E-state index in [1.165, 1.54) is 0 Å². The number of hydrogen-bond donors (Lipinski definition) is 1. The van der Waals surface area contributed by atoms with Crippen LogP contribution < -0.4 is 0 Å². The summed E-state index contributed by atoms with van der Waals surface area (Å²) >= 11 is 0. The molecule has 0 aromatic heterocycles. The summed E-state index contributed by atoms with van der Waals surface area (Å²) in [5.41, 5.74) is -0.742. The summed E-state index contributed by atoms with van der Waals surface area (Å²) < 4.78 is 10.7. The Labute approximate surface area is 102 Å². The maximum absolute atomic E-state index is 11.1. The lowest BCUT2D eigenvalue weighted by atomic mass is 9.85. The number of carboxylic acid groups (broad SMARTS) is 1. The lowest BCUT2D eigenvalue weighted by molar-refractivity contribution is -0.148. The van der Waals surface area contributed by atoms with Crippen molar-refractivity contribution in [2.24, 2.45) is 5.92 Å². The molecule has 4 heteroatoms. The number of rotatable bonds is 7. The summed E-state index contributed by atoms with van der Waals surface area (Å²) in [6.45, 7) is 3.06. The van der Waals surface area contributed by atoms with Gasteiger partial charge in [0.2, 0.25) is 0 Å². The van der Waals surface area contributed by atoms with Crippen molar-refractivity contribution in [3.8, 4) is 0 Å². The molecule has 0 radical (unpaired) electrons. The number of hydrogen-bond acceptors (Lipinski definition) is 3. The lowest BCUT2D eigenvalue weighted by Crippen LogP contribution is -2.40. The van der Waals surface area contributed by atoms with E-state index in [2.05, 4.69) is 0 Å². The zero-order chi connectivity index (χ0) is 12.7. The molecule has 96 valence electrons. The lowest BCUT2D eigenvalue weighted by Gasteiger charge is -2.32. The molecule has 0 saturated heterocycles. The van der Waals surface area contributed by atoms with Crippen molar-refractivity contribution < 1.29 is 19.4 Å². The molecule has 0 fully saturated rings. The second kappa shape index (κ2) is 6.57. The zero-order valence-corrected chi connectivity index (χ0v) is 10.4. The molecule has 0 saturated carbocycles. The molecule has 0 heterocycles. The minimum absolute atomic E-state index is 0.543. The predicted molar refractivity (Wildman–Crippen MR) is 64.9 cm³/mol. The molecule has 0 bridgehead atoms. The van der Waals surface area contributed by atoms with Crippen molar-refractivity contribution in [1.29, 1.82) is 0 Å². The second-order valence-corrected chi connectivity index (χ2v) is 4.29. The number of aliphatic carboxylic acids is 1. The van der Waals surface area contributed by atoms with E-state index in [0.29, 0.717) is 13.2 Å². The van der Waals surface area contributed by atoms with Crippen LogP contribution in [-0.2, 0) is 14.3 Å². The normalized spacial score (nSPS) is 27.3. The fourth-order valence-corrected chi connectivity index (χ4v) is 1.82. The van der Waals surface area contributed by atoms with Crippen molar-refractivity contribution >= 4 is 5.97 Å². The minimum atomic E-state index is -0.856. The maximum Gasteiger partial charge on any atom is 0.313 e. The molecule has 4 nitrogen and oxygen atoms in total. The molecule has 0 aromatic carbocycles. The molecule has 0 aromatic rings. The van der Waals surface area contributed by atoms with Gasteiger partial charge in [0.05, 0.1) is 0 Å². The molecule has 1 rings (SSSR count). The average Bonchev–Trinajstić information content (AvgIpc) is 2.29. The van der Waals surface area contributed by atoms with Crippen molar-refractivity contribution in [2.45, 2.75) is 25.4 Å². The van der Waals surface area contributed by atoms with Gasteiger partial charge in [-0.2, -0.15) is 0 Å². The average molecular weight is 240 g/mol. The Hall–Kier alpha value is -1.13. The SMILES string of the molecule is COCCCCOC1(C)C=CC=CC1C(=O)O. The molecule has 0 amide bonds. The van der Waals surface area contributed by atoms with Crippen LogP contribution in [0.15, 0.2) is 24.3 Å². The highest BCUT2D eigenvalue weighted by Crippen LogP contribution is 2.28. The smallest absolute Gasteiger partial charge is 0.313 e. The fraction of sp³-hybridized carbons (Fsp3) is 0.615. The Morgan fingerprint density at radius 3 is 2.71 bits per heavy atom. The maximum atomic E-state index is 11.1. The van der Waals surface area contributed by atoms with Crippen LogP contribution in [0.1, 0.15) is 19.8 Å². The Morgan fingerprint density at radius 1 is 1.35 bits per heavy atom. The quantitative estimate of drug-likeness (QED) is 0.692. The number of allylic oxidation sites excluding steroid dienone is 2. The van der Waals surface area contributed by atoms with E-state index in [0.717, 1.165) is 12.8 Å². The third-order valence-electron chi connectivity index (χ3n) is 2.88. The molecule has 0 spiro atoms. The minimum Gasteiger partial charge on any atom is -0.481 e. The third kappa shape index (κ3) is 3.98. The van der Waals surface area contributed by atoms with Crippen LogP contribution in [0.3, 0.4) is 0 Å². The Bertz CT molecular complexity index is 309. The number of ether oxygens (including phenoxy) is 2. The molecule has 0 aliphatic heterocycles. The summed E-state index contributed by atoms with van der Waals surface area (Å²) in [5.74, 6) is -1.47. The van der Waals surface area contributed by atoms with Crippen molar-refractivity contribution in [2.75, 3.05) is 20.3 Å². The van der Waals surface area contributed by atoms with E-state index < -0.39 is 17.5 Å². The van der Waals surface area contributed by atoms with Gasteiger partial charge in [-0.3, -0.25) is 4.79 Å². The summed E-state index contributed by atoms with van der Waals surface area (Å²) in [5, 5.41) is 9.13. The first-order chi connectivity index (χ1) is 8.10. The molecule has 1 N–H and O–H groups in total. The van der Waals surface area contributed by atoms with Gasteiger partial charge in [-0.05, 0) is 19.8 Å². The van der Waals surface area contributed by atoms with E-state index in [4.69, 9.17) is 14.6 Å². The van der Waals surface area contributed by atoms with E-state index >= 15 is 0 Å². The van der Waals surface area contributed by atoms with Gasteiger partial charge in [-0.15, -0.1) is 0 Å². The highest BCUT2D eigenvalue weighted by atomic mass is 16.5. The van der Waals surface area contributed by atoms with Crippen LogP contribution in [-0.4, -0.2) is 37.0 Å². The second-order valence-electron chi connectivity index (χ2n) is 4.29. The van der Waals surface area contributed by atoms with Gasteiger partial charge in [0.15, 0.2) is 0 Å². The first-order valence-electron chi connectivity index (χ1n) is 5.82. The van der Waals surface area contributed by atoms with Crippen LogP contribution in [0.5, 0.6) is 0 Å². The Kier molecular flexibility index (Phi) is 5.38. The van der Waals surface area contributed by atoms with Gasteiger partial charge in [-0.25, -0.2) is 0 Å². The van der Waals surface area contributed by atoms with Crippen molar-refractivity contribution in [3.05, 3.63) is 24.3 Å². The van der Waals surface area contributed by atoms with Crippen molar-refractivity contribution in [3.63, 3.8) is 0 Å². The zero-order valence-electron chi connectivity index (χ0n) is 10.4. The van der Waals surface area contributed by atoms with Gasteiger partial charge in [-0.1, -0.05) is 24.3 Å². The summed E-state index contributed by atoms with van der Waals surface area (Å²) in [6.07, 6.45) is 8.83. The van der Waals surface area contributed by atoms with Gasteiger partial charge in [0.25, 0.3) is 0 Å². The summed E-state index contributed by atoms with van der Waals surface area (Å²) in [7, 11) is 1.66. The Balaban J connectivity index is 2.45. The van der Waals surface area contributed by atoms with Gasteiger partial charge >= 0.3 is 5.97 Å². The standard InChI is InChI=1S/C13H20O4/c1-13(17-10-6-5-9-16-2)8-4-3-7-11(13)12(14)15/h3-4,7-8,11H,5-6,9-10H2,1-2H3,(H,14,15). The number of carbonyl (C=O) groups is 1. The molecule has 2 atom stereocenters. The number of methoxy groups -OCH3 is 1. The van der Waals surface area contributed by atoms with Crippen LogP contribution in [0.25, 0.3) is 0 Å². The fourth-order valence-electron chi connectivity index (χ4n) is 1.82. The van der Waals surface area contributed by atoms with E-state index in [1.807, 2.05) is 19.1 Å². The molecule has 17 heavy (non-hydrogen) atoms. The van der Waals surface area contributed by atoms with Gasteiger partial charge in [0.1, 0.15) is 11.5 Å².